The third-order valence-corrected chi connectivity index (χ3v) is 4.47. The molecule has 2 aromatic rings. The summed E-state index contributed by atoms with van der Waals surface area (Å²) in [5, 5.41) is 10.8. The molecule has 0 radical (unpaired) electrons. The van der Waals surface area contributed by atoms with Crippen LogP contribution in [-0.2, 0) is 17.3 Å². The van der Waals surface area contributed by atoms with E-state index in [1.54, 1.807) is 0 Å². The van der Waals surface area contributed by atoms with Gasteiger partial charge in [0.15, 0.2) is 0 Å². The Morgan fingerprint density at radius 3 is 1.75 bits per heavy atom. The molecule has 0 saturated carbocycles. The number of rotatable bonds is 3. The van der Waals surface area contributed by atoms with E-state index in [0.717, 1.165) is 23.1 Å². The van der Waals surface area contributed by atoms with Gasteiger partial charge in [0.05, 0.1) is 0 Å². The zero-order valence-electron chi connectivity index (χ0n) is 15.9. The average molecular weight is 325 g/mol. The molecule has 0 heterocycles. The van der Waals surface area contributed by atoms with Gasteiger partial charge < -0.3 is 10.8 Å². The van der Waals surface area contributed by atoms with E-state index in [0.29, 0.717) is 5.75 Å². The molecule has 0 saturated heterocycles. The second kappa shape index (κ2) is 6.60. The fourth-order valence-electron chi connectivity index (χ4n) is 3.00. The number of hydrogen-bond donors (Lipinski definition) is 2. The van der Waals surface area contributed by atoms with Gasteiger partial charge >= 0.3 is 0 Å². The van der Waals surface area contributed by atoms with Crippen LogP contribution < -0.4 is 5.73 Å². The molecule has 0 spiro atoms. The normalized spacial score (nSPS) is 13.8. The Morgan fingerprint density at radius 2 is 1.33 bits per heavy atom. The fraction of sp³-hybridized carbons (Fsp3) is 0.455. The first-order valence-corrected chi connectivity index (χ1v) is 8.67. The first-order chi connectivity index (χ1) is 11.0. The van der Waals surface area contributed by atoms with Crippen molar-refractivity contribution >= 4 is 0 Å². The summed E-state index contributed by atoms with van der Waals surface area (Å²) in [5.74, 6) is 0.408. The molecule has 0 aromatic heterocycles. The van der Waals surface area contributed by atoms with Gasteiger partial charge in [0.1, 0.15) is 5.75 Å². The summed E-state index contributed by atoms with van der Waals surface area (Å²) in [6, 6.07) is 14.4. The molecule has 0 amide bonds. The zero-order chi connectivity index (χ0) is 18.1. The lowest BCUT2D eigenvalue weighted by Crippen LogP contribution is -2.21. The van der Waals surface area contributed by atoms with Crippen molar-refractivity contribution in [2.45, 2.75) is 64.8 Å². The summed E-state index contributed by atoms with van der Waals surface area (Å²) in [6.45, 7) is 12.8. The minimum atomic E-state index is -0.132. The highest BCUT2D eigenvalue weighted by molar-refractivity contribution is 5.50. The van der Waals surface area contributed by atoms with E-state index in [1.165, 1.54) is 5.56 Å². The number of benzene rings is 2. The molecule has 0 aliphatic carbocycles. The lowest BCUT2D eigenvalue weighted by atomic mass is 9.77. The van der Waals surface area contributed by atoms with Gasteiger partial charge in [0.2, 0.25) is 0 Å². The monoisotopic (exact) mass is 325 g/mol. The average Bonchev–Trinajstić information content (AvgIpc) is 2.46. The molecule has 24 heavy (non-hydrogen) atoms. The molecule has 0 aliphatic heterocycles. The van der Waals surface area contributed by atoms with Crippen LogP contribution in [0.25, 0.3) is 0 Å². The van der Waals surface area contributed by atoms with Crippen molar-refractivity contribution in [3.05, 3.63) is 64.7 Å². The van der Waals surface area contributed by atoms with Gasteiger partial charge in [-0.2, -0.15) is 0 Å². The molecule has 3 N–H and O–H groups in total. The standard InChI is InChI=1S/C22H31NO/c1-21(2,3)17-13-16(14-18(20(17)24)22(4,5)6)19(23)12-15-10-8-7-9-11-15/h7-11,13-14,19,24H,12,23H2,1-6H3. The van der Waals surface area contributed by atoms with Crippen molar-refractivity contribution in [2.24, 2.45) is 5.73 Å². The van der Waals surface area contributed by atoms with Gasteiger partial charge in [0.25, 0.3) is 0 Å². The summed E-state index contributed by atoms with van der Waals surface area (Å²) in [7, 11) is 0. The lowest BCUT2D eigenvalue weighted by Gasteiger charge is -2.29. The highest BCUT2D eigenvalue weighted by atomic mass is 16.3. The topological polar surface area (TPSA) is 46.2 Å². The third kappa shape index (κ3) is 4.18. The third-order valence-electron chi connectivity index (χ3n) is 4.47. The summed E-state index contributed by atoms with van der Waals surface area (Å²) >= 11 is 0. The minimum Gasteiger partial charge on any atom is -0.507 e. The van der Waals surface area contributed by atoms with Gasteiger partial charge in [-0.3, -0.25) is 0 Å². The van der Waals surface area contributed by atoms with Gasteiger partial charge in [-0.05, 0) is 51.6 Å². The van der Waals surface area contributed by atoms with E-state index in [2.05, 4.69) is 65.8 Å². The highest BCUT2D eigenvalue weighted by Gasteiger charge is 2.27. The van der Waals surface area contributed by atoms with Gasteiger partial charge in [-0.25, -0.2) is 0 Å². The van der Waals surface area contributed by atoms with Crippen molar-refractivity contribution in [1.82, 2.24) is 0 Å². The number of phenolic OH excluding ortho intramolecular Hbond substituents is 1. The quantitative estimate of drug-likeness (QED) is 0.811. The Hall–Kier alpha value is -1.80. The maximum atomic E-state index is 10.8. The molecule has 0 fully saturated rings. The van der Waals surface area contributed by atoms with Gasteiger partial charge in [-0.15, -0.1) is 0 Å². The minimum absolute atomic E-state index is 0.0878. The second-order valence-corrected chi connectivity index (χ2v) is 8.76. The van der Waals surface area contributed by atoms with E-state index < -0.39 is 0 Å². The van der Waals surface area contributed by atoms with Crippen LogP contribution in [0.4, 0.5) is 0 Å². The summed E-state index contributed by atoms with van der Waals surface area (Å²) in [6.07, 6.45) is 0.790. The van der Waals surface area contributed by atoms with E-state index in [1.807, 2.05) is 18.2 Å². The molecule has 1 atom stereocenters. The largest absolute Gasteiger partial charge is 0.507 e. The van der Waals surface area contributed by atoms with Crippen LogP contribution in [0, 0.1) is 0 Å². The van der Waals surface area contributed by atoms with E-state index in [-0.39, 0.29) is 16.9 Å². The lowest BCUT2D eigenvalue weighted by molar-refractivity contribution is 0.422. The van der Waals surface area contributed by atoms with Crippen LogP contribution in [0.5, 0.6) is 5.75 Å². The Balaban J connectivity index is 2.50. The molecule has 0 bridgehead atoms. The molecule has 2 aromatic carbocycles. The van der Waals surface area contributed by atoms with Crippen LogP contribution in [0.2, 0.25) is 0 Å². The van der Waals surface area contributed by atoms with Crippen LogP contribution in [0.1, 0.15) is 69.8 Å². The fourth-order valence-corrected chi connectivity index (χ4v) is 3.00. The first-order valence-electron chi connectivity index (χ1n) is 8.67. The van der Waals surface area contributed by atoms with Crippen molar-refractivity contribution in [2.75, 3.05) is 0 Å². The van der Waals surface area contributed by atoms with E-state index >= 15 is 0 Å². The number of nitrogens with two attached hydrogens (primary N) is 1. The van der Waals surface area contributed by atoms with Gasteiger partial charge in [-0.1, -0.05) is 71.9 Å². The first kappa shape index (κ1) is 18.5. The van der Waals surface area contributed by atoms with Crippen LogP contribution >= 0.6 is 0 Å². The predicted molar refractivity (Wildman–Crippen MR) is 103 cm³/mol. The zero-order valence-corrected chi connectivity index (χ0v) is 15.9. The smallest absolute Gasteiger partial charge is 0.123 e. The van der Waals surface area contributed by atoms with Crippen molar-refractivity contribution in [3.63, 3.8) is 0 Å². The molecule has 2 nitrogen and oxygen atoms in total. The van der Waals surface area contributed by atoms with Crippen LogP contribution in [0.3, 0.4) is 0 Å². The van der Waals surface area contributed by atoms with E-state index in [4.69, 9.17) is 5.73 Å². The molecule has 1 unspecified atom stereocenters. The highest BCUT2D eigenvalue weighted by Crippen LogP contribution is 2.40. The summed E-state index contributed by atoms with van der Waals surface area (Å²) < 4.78 is 0. The molecule has 2 heteroatoms. The molecule has 2 rings (SSSR count). The number of hydrogen-bond acceptors (Lipinski definition) is 2. The second-order valence-electron chi connectivity index (χ2n) is 8.76. The predicted octanol–water partition coefficient (Wildman–Crippen LogP) is 5.23. The maximum absolute atomic E-state index is 10.8. The van der Waals surface area contributed by atoms with Crippen LogP contribution in [-0.4, -0.2) is 5.11 Å². The van der Waals surface area contributed by atoms with Crippen molar-refractivity contribution in [3.8, 4) is 5.75 Å². The molecular weight excluding hydrogens is 294 g/mol. The maximum Gasteiger partial charge on any atom is 0.123 e. The number of phenols is 1. The Bertz CT molecular complexity index is 655. The number of aromatic hydroxyl groups is 1. The SMILES string of the molecule is CC(C)(C)c1cc(C(N)Cc2ccccc2)cc(C(C)(C)C)c1O. The Kier molecular flexibility index (Phi) is 5.10. The molecular formula is C22H31NO. The van der Waals surface area contributed by atoms with E-state index in [9.17, 15) is 5.11 Å². The van der Waals surface area contributed by atoms with Crippen molar-refractivity contribution < 1.29 is 5.11 Å². The Morgan fingerprint density at radius 1 is 0.875 bits per heavy atom. The molecule has 130 valence electrons. The van der Waals surface area contributed by atoms with Crippen LogP contribution in [0.15, 0.2) is 42.5 Å². The molecule has 0 aliphatic rings. The Labute approximate surface area is 146 Å². The van der Waals surface area contributed by atoms with Crippen molar-refractivity contribution in [1.29, 1.82) is 0 Å². The summed E-state index contributed by atoms with van der Waals surface area (Å²) in [4.78, 5) is 0. The van der Waals surface area contributed by atoms with Gasteiger partial charge in [0, 0.05) is 6.04 Å². The summed E-state index contributed by atoms with van der Waals surface area (Å²) in [5.41, 5.74) is 10.5.